The van der Waals surface area contributed by atoms with E-state index in [9.17, 15) is 4.79 Å². The maximum atomic E-state index is 9.31. The molecule has 0 heterocycles. The van der Waals surface area contributed by atoms with Crippen molar-refractivity contribution in [3.05, 3.63) is 6.92 Å². The molecular weight excluding hydrogens is 239 g/mol. The summed E-state index contributed by atoms with van der Waals surface area (Å²) in [6.07, 6.45) is -0.0278. The Morgan fingerprint density at radius 3 is 1.70 bits per heavy atom. The Morgan fingerprint density at radius 1 is 1.60 bits per heavy atom. The monoisotopic (exact) mass is 245 g/mol. The number of carboxylic acids is 1. The van der Waals surface area contributed by atoms with Gasteiger partial charge in [-0.2, -0.15) is 0 Å². The van der Waals surface area contributed by atoms with Crippen LogP contribution in [0.3, 0.4) is 0 Å². The van der Waals surface area contributed by atoms with E-state index in [0.29, 0.717) is 0 Å². The van der Waals surface area contributed by atoms with Crippen molar-refractivity contribution in [2.24, 2.45) is 0 Å². The fraction of sp³-hybridized carbons (Fsp3) is 0.250. The number of carboxylic acid groups (broad SMARTS) is 2. The number of carbonyl (C=O) groups is 2. The maximum Gasteiger partial charge on any atom is 1.00 e. The Kier molecular flexibility index (Phi) is 51.9. The summed E-state index contributed by atoms with van der Waals surface area (Å²) in [5, 5.41) is 14.5. The van der Waals surface area contributed by atoms with Crippen LogP contribution in [0, 0.1) is 6.92 Å². The molecule has 0 amide bonds. The molecule has 0 saturated heterocycles. The Balaban J connectivity index is -0.0000000326. The Morgan fingerprint density at radius 2 is 1.70 bits per heavy atom. The molecule has 0 aliphatic heterocycles. The van der Waals surface area contributed by atoms with Crippen molar-refractivity contribution in [3.8, 4) is 0 Å². The van der Waals surface area contributed by atoms with Crippen LogP contribution in [0.15, 0.2) is 0 Å². The smallest absolute Gasteiger partial charge is 0.483 e. The summed E-state index contributed by atoms with van der Waals surface area (Å²) >= 11 is 0. The average molecular weight is 246 g/mol. The van der Waals surface area contributed by atoms with E-state index in [1.807, 2.05) is 0 Å². The molecule has 0 unspecified atom stereocenters. The van der Waals surface area contributed by atoms with Gasteiger partial charge in [-0.05, 0) is 0 Å². The molecule has 0 rings (SSSR count). The van der Waals surface area contributed by atoms with Crippen molar-refractivity contribution < 1.29 is 53.9 Å². The van der Waals surface area contributed by atoms with E-state index in [-0.39, 0.29) is 47.0 Å². The first-order valence-corrected chi connectivity index (χ1v) is 1.78. The maximum absolute atomic E-state index is 9.31. The van der Waals surface area contributed by atoms with E-state index in [0.717, 1.165) is 0 Å². The molecule has 0 atom stereocenters. The standard InChI is InChI=1S/C3H5O2.CH2O2.2Cu/c1-2-3(4)5;2-1-3;;/h1-2H2,(H,4,5);1H,(H,2,3);;/q-1;;;+1. The summed E-state index contributed by atoms with van der Waals surface area (Å²) in [6.45, 7) is 2.84. The van der Waals surface area contributed by atoms with Gasteiger partial charge in [-0.15, -0.1) is 0 Å². The minimum atomic E-state index is -0.856. The fourth-order valence-electron chi connectivity index (χ4n) is 0. The van der Waals surface area contributed by atoms with Crippen molar-refractivity contribution in [3.63, 3.8) is 0 Å². The second-order valence-corrected chi connectivity index (χ2v) is 0.749. The summed E-state index contributed by atoms with van der Waals surface area (Å²) < 4.78 is 0. The van der Waals surface area contributed by atoms with E-state index >= 15 is 0 Å². The zero-order valence-corrected chi connectivity index (χ0v) is 6.69. The zero-order valence-electron chi connectivity index (χ0n) is 4.81. The van der Waals surface area contributed by atoms with Crippen LogP contribution < -0.4 is 0 Å². The van der Waals surface area contributed by atoms with Crippen LogP contribution >= 0.6 is 0 Å². The van der Waals surface area contributed by atoms with Gasteiger partial charge in [0.15, 0.2) is 0 Å². The predicted octanol–water partition coefficient (Wildman–Crippen LogP) is -0.00901. The van der Waals surface area contributed by atoms with Crippen LogP contribution in [-0.4, -0.2) is 22.7 Å². The summed E-state index contributed by atoms with van der Waals surface area (Å²) in [6, 6.07) is 0. The third-order valence-corrected chi connectivity index (χ3v) is 0.214. The van der Waals surface area contributed by atoms with Crippen LogP contribution in [0.25, 0.3) is 0 Å². The van der Waals surface area contributed by atoms with E-state index in [2.05, 4.69) is 6.92 Å². The van der Waals surface area contributed by atoms with Crippen molar-refractivity contribution in [2.75, 3.05) is 0 Å². The molecule has 0 bridgehead atoms. The van der Waals surface area contributed by atoms with Gasteiger partial charge in [0.05, 0.1) is 0 Å². The van der Waals surface area contributed by atoms with E-state index in [1.54, 1.807) is 0 Å². The second kappa shape index (κ2) is 23.1. The largest absolute Gasteiger partial charge is 1.00 e. The quantitative estimate of drug-likeness (QED) is 0.387. The number of rotatable bonds is 1. The molecule has 0 fully saturated rings. The third kappa shape index (κ3) is 99.2. The van der Waals surface area contributed by atoms with Crippen LogP contribution in [-0.2, 0) is 43.7 Å². The van der Waals surface area contributed by atoms with Crippen molar-refractivity contribution in [2.45, 2.75) is 6.42 Å². The molecule has 0 aromatic carbocycles. The zero-order chi connectivity index (χ0) is 6.99. The normalized spacial score (nSPS) is 4.90. The van der Waals surface area contributed by atoms with Gasteiger partial charge in [0.25, 0.3) is 12.4 Å². The predicted molar refractivity (Wildman–Crippen MR) is 26.3 cm³/mol. The molecule has 0 aromatic rings. The minimum Gasteiger partial charge on any atom is -0.483 e. The molecule has 2 N–H and O–H groups in total. The van der Waals surface area contributed by atoms with Gasteiger partial charge in [-0.3, -0.25) is 9.59 Å². The third-order valence-electron chi connectivity index (χ3n) is 0.214. The molecule has 0 spiro atoms. The van der Waals surface area contributed by atoms with Gasteiger partial charge in [-0.1, -0.05) is 6.42 Å². The molecule has 4 nitrogen and oxygen atoms in total. The molecule has 0 aromatic heterocycles. The van der Waals surface area contributed by atoms with Crippen molar-refractivity contribution in [1.82, 2.24) is 0 Å². The van der Waals surface area contributed by atoms with Gasteiger partial charge in [0.1, 0.15) is 0 Å². The topological polar surface area (TPSA) is 74.6 Å². The molecule has 0 aliphatic carbocycles. The number of hydrogen-bond donors (Lipinski definition) is 2. The second-order valence-electron chi connectivity index (χ2n) is 0.749. The Bertz CT molecular complexity index is 75.7. The van der Waals surface area contributed by atoms with Gasteiger partial charge in [-0.25, -0.2) is 0 Å². The molecule has 69 valence electrons. The van der Waals surface area contributed by atoms with E-state index < -0.39 is 5.97 Å². The summed E-state index contributed by atoms with van der Waals surface area (Å²) in [5.74, 6) is -0.856. The van der Waals surface area contributed by atoms with Crippen molar-refractivity contribution in [1.29, 1.82) is 0 Å². The first kappa shape index (κ1) is 22.5. The number of hydrogen-bond acceptors (Lipinski definition) is 2. The molecule has 0 aliphatic rings. The van der Waals surface area contributed by atoms with Crippen LogP contribution in [0.1, 0.15) is 6.42 Å². The average Bonchev–Trinajstić information content (AvgIpc) is 1.69. The summed E-state index contributed by atoms with van der Waals surface area (Å²) in [4.78, 5) is 17.7. The summed E-state index contributed by atoms with van der Waals surface area (Å²) in [5.41, 5.74) is 0. The van der Waals surface area contributed by atoms with E-state index in [4.69, 9.17) is 15.0 Å². The SMILES string of the molecule is O=CO.[CH2-]CC(=O)O.[Cu+].[Cu]. The van der Waals surface area contributed by atoms with Crippen molar-refractivity contribution >= 4 is 12.4 Å². The molecule has 10 heavy (non-hydrogen) atoms. The molecule has 6 heteroatoms. The molecule has 0 saturated carbocycles. The Hall–Kier alpha value is -0.0210. The number of aliphatic carboxylic acids is 1. The van der Waals surface area contributed by atoms with Crippen LogP contribution in [0.5, 0.6) is 0 Å². The van der Waals surface area contributed by atoms with E-state index in [1.165, 1.54) is 0 Å². The fourth-order valence-corrected chi connectivity index (χ4v) is 0. The van der Waals surface area contributed by atoms with Gasteiger partial charge in [0.2, 0.25) is 0 Å². The molecule has 1 radical (unpaired) electrons. The van der Waals surface area contributed by atoms with Crippen LogP contribution in [0.4, 0.5) is 0 Å². The van der Waals surface area contributed by atoms with Gasteiger partial charge < -0.3 is 17.1 Å². The van der Waals surface area contributed by atoms with Crippen LogP contribution in [0.2, 0.25) is 0 Å². The Labute approximate surface area is 79.9 Å². The molecular formula is C4H7Cu2O4. The first-order valence-electron chi connectivity index (χ1n) is 1.78. The van der Waals surface area contributed by atoms with Gasteiger partial charge >= 0.3 is 17.1 Å². The van der Waals surface area contributed by atoms with Gasteiger partial charge in [0, 0.05) is 17.1 Å². The summed E-state index contributed by atoms with van der Waals surface area (Å²) in [7, 11) is 0. The minimum absolute atomic E-state index is 0. The first-order chi connectivity index (χ1) is 3.68.